The Labute approximate surface area is 180 Å². The topological polar surface area (TPSA) is 99.5 Å². The number of benzene rings is 3. The van der Waals surface area contributed by atoms with E-state index < -0.39 is 22.0 Å². The summed E-state index contributed by atoms with van der Waals surface area (Å²) in [6.45, 7) is -0.357. The standard InChI is InChI=1S/C23H19N3O4S/c1-26(31(28,29)17-12-10-16(14-24)11-13-17)15-22(27)25-23-18-6-2-4-8-20(18)30-21-9-5-3-7-19(21)23/h2-13,23H,15H2,1H3,(H,25,27). The van der Waals surface area contributed by atoms with E-state index >= 15 is 0 Å². The Balaban J connectivity index is 1.54. The monoisotopic (exact) mass is 433 g/mol. The molecule has 156 valence electrons. The minimum absolute atomic E-state index is 0.0172. The van der Waals surface area contributed by atoms with Crippen molar-refractivity contribution in [3.8, 4) is 17.6 Å². The van der Waals surface area contributed by atoms with E-state index in [9.17, 15) is 13.2 Å². The first-order valence-electron chi connectivity index (χ1n) is 9.52. The van der Waals surface area contributed by atoms with Gasteiger partial charge in [-0.3, -0.25) is 4.79 Å². The summed E-state index contributed by atoms with van der Waals surface area (Å²) in [5.41, 5.74) is 1.95. The van der Waals surface area contributed by atoms with Gasteiger partial charge in [0.1, 0.15) is 11.5 Å². The third-order valence-electron chi connectivity index (χ3n) is 5.04. The average Bonchev–Trinajstić information content (AvgIpc) is 2.78. The van der Waals surface area contributed by atoms with E-state index in [1.807, 2.05) is 54.6 Å². The summed E-state index contributed by atoms with van der Waals surface area (Å²) in [5.74, 6) is 0.839. The summed E-state index contributed by atoms with van der Waals surface area (Å²) in [4.78, 5) is 12.8. The van der Waals surface area contributed by atoms with E-state index in [0.29, 0.717) is 17.1 Å². The van der Waals surface area contributed by atoms with E-state index in [-0.39, 0.29) is 11.4 Å². The predicted molar refractivity (Wildman–Crippen MR) is 114 cm³/mol. The maximum absolute atomic E-state index is 12.8. The van der Waals surface area contributed by atoms with Gasteiger partial charge in [0, 0.05) is 18.2 Å². The van der Waals surface area contributed by atoms with Gasteiger partial charge >= 0.3 is 0 Å². The molecular weight excluding hydrogens is 414 g/mol. The highest BCUT2D eigenvalue weighted by atomic mass is 32.2. The van der Waals surface area contributed by atoms with Crippen LogP contribution in [0.3, 0.4) is 0 Å². The number of rotatable bonds is 5. The third-order valence-corrected chi connectivity index (χ3v) is 6.86. The summed E-state index contributed by atoms with van der Waals surface area (Å²) in [5, 5.41) is 11.8. The molecule has 0 aromatic heterocycles. The van der Waals surface area contributed by atoms with Crippen LogP contribution in [-0.2, 0) is 14.8 Å². The van der Waals surface area contributed by atoms with Gasteiger partial charge in [-0.1, -0.05) is 36.4 Å². The molecule has 0 unspecified atom stereocenters. The normalized spacial score (nSPS) is 12.9. The molecule has 3 aromatic rings. The minimum Gasteiger partial charge on any atom is -0.457 e. The van der Waals surface area contributed by atoms with E-state index in [1.54, 1.807) is 0 Å². The number of nitriles is 1. The summed E-state index contributed by atoms with van der Waals surface area (Å²) < 4.78 is 32.5. The molecule has 0 bridgehead atoms. The van der Waals surface area contributed by atoms with E-state index in [1.165, 1.54) is 31.3 Å². The Bertz CT molecular complexity index is 1240. The number of sulfonamides is 1. The van der Waals surface area contributed by atoms with Gasteiger partial charge < -0.3 is 10.1 Å². The fourth-order valence-corrected chi connectivity index (χ4v) is 4.57. The number of para-hydroxylation sites is 2. The molecule has 0 atom stereocenters. The van der Waals surface area contributed by atoms with Crippen LogP contribution in [-0.4, -0.2) is 32.2 Å². The van der Waals surface area contributed by atoms with Gasteiger partial charge in [0.05, 0.1) is 29.1 Å². The van der Waals surface area contributed by atoms with Gasteiger partial charge in [-0.2, -0.15) is 9.57 Å². The third kappa shape index (κ3) is 4.01. The first-order chi connectivity index (χ1) is 14.9. The molecule has 0 fully saturated rings. The average molecular weight is 433 g/mol. The molecule has 0 spiro atoms. The van der Waals surface area contributed by atoms with Crippen molar-refractivity contribution in [2.24, 2.45) is 0 Å². The number of hydrogen-bond donors (Lipinski definition) is 1. The molecule has 1 amide bonds. The van der Waals surface area contributed by atoms with Gasteiger partial charge in [-0.25, -0.2) is 8.42 Å². The predicted octanol–water partition coefficient (Wildman–Crippen LogP) is 3.19. The second kappa shape index (κ2) is 8.22. The molecule has 0 saturated carbocycles. The van der Waals surface area contributed by atoms with Crippen LogP contribution in [0.25, 0.3) is 0 Å². The van der Waals surface area contributed by atoms with Crippen molar-refractivity contribution in [1.82, 2.24) is 9.62 Å². The quantitative estimate of drug-likeness (QED) is 0.666. The second-order valence-electron chi connectivity index (χ2n) is 7.08. The molecule has 1 N–H and O–H groups in total. The van der Waals surface area contributed by atoms with Crippen LogP contribution in [0.4, 0.5) is 0 Å². The highest BCUT2D eigenvalue weighted by Crippen LogP contribution is 2.42. The zero-order valence-corrected chi connectivity index (χ0v) is 17.5. The van der Waals surface area contributed by atoms with Crippen LogP contribution in [0.15, 0.2) is 77.7 Å². The summed E-state index contributed by atoms with van der Waals surface area (Å²) >= 11 is 0. The number of fused-ring (bicyclic) bond motifs is 2. The van der Waals surface area contributed by atoms with Gasteiger partial charge in [-0.05, 0) is 36.4 Å². The number of likely N-dealkylation sites (N-methyl/N-ethyl adjacent to an activating group) is 1. The Morgan fingerprint density at radius 3 is 2.10 bits per heavy atom. The smallest absolute Gasteiger partial charge is 0.243 e. The van der Waals surface area contributed by atoms with Crippen molar-refractivity contribution in [2.45, 2.75) is 10.9 Å². The molecule has 0 saturated heterocycles. The van der Waals surface area contributed by atoms with Crippen molar-refractivity contribution in [3.63, 3.8) is 0 Å². The Hall–Kier alpha value is -3.67. The molecule has 0 radical (unpaired) electrons. The Morgan fingerprint density at radius 2 is 1.55 bits per heavy atom. The van der Waals surface area contributed by atoms with Crippen molar-refractivity contribution in [2.75, 3.05) is 13.6 Å². The van der Waals surface area contributed by atoms with Crippen LogP contribution >= 0.6 is 0 Å². The maximum Gasteiger partial charge on any atom is 0.243 e. The second-order valence-corrected chi connectivity index (χ2v) is 9.12. The highest BCUT2D eigenvalue weighted by molar-refractivity contribution is 7.89. The first kappa shape index (κ1) is 20.6. The van der Waals surface area contributed by atoms with Crippen molar-refractivity contribution in [3.05, 3.63) is 89.5 Å². The number of carbonyl (C=O) groups excluding carboxylic acids is 1. The number of carbonyl (C=O) groups is 1. The summed E-state index contributed by atoms with van der Waals surface area (Å²) in [7, 11) is -2.54. The van der Waals surface area contributed by atoms with Gasteiger partial charge in [-0.15, -0.1) is 0 Å². The summed E-state index contributed by atoms with van der Waals surface area (Å²) in [6, 6.07) is 21.9. The molecule has 3 aromatic carbocycles. The van der Waals surface area contributed by atoms with Crippen molar-refractivity contribution >= 4 is 15.9 Å². The van der Waals surface area contributed by atoms with Crippen molar-refractivity contribution in [1.29, 1.82) is 5.26 Å². The minimum atomic E-state index is -3.88. The van der Waals surface area contributed by atoms with Crippen LogP contribution in [0.5, 0.6) is 11.5 Å². The number of nitrogens with one attached hydrogen (secondary N) is 1. The molecule has 31 heavy (non-hydrogen) atoms. The first-order valence-corrected chi connectivity index (χ1v) is 11.0. The van der Waals surface area contributed by atoms with Crippen LogP contribution in [0.1, 0.15) is 22.7 Å². The summed E-state index contributed by atoms with van der Waals surface area (Å²) in [6.07, 6.45) is 0. The molecular formula is C23H19N3O4S. The molecule has 1 aliphatic rings. The lowest BCUT2D eigenvalue weighted by atomic mass is 9.94. The van der Waals surface area contributed by atoms with Crippen LogP contribution in [0, 0.1) is 11.3 Å². The lowest BCUT2D eigenvalue weighted by Crippen LogP contribution is -2.40. The van der Waals surface area contributed by atoms with E-state index in [0.717, 1.165) is 15.4 Å². The maximum atomic E-state index is 12.8. The zero-order valence-electron chi connectivity index (χ0n) is 16.6. The van der Waals surface area contributed by atoms with E-state index in [2.05, 4.69) is 5.32 Å². The lowest BCUT2D eigenvalue weighted by molar-refractivity contribution is -0.121. The van der Waals surface area contributed by atoms with Gasteiger partial charge in [0.25, 0.3) is 0 Å². The number of amides is 1. The largest absolute Gasteiger partial charge is 0.457 e. The molecule has 1 heterocycles. The van der Waals surface area contributed by atoms with Crippen LogP contribution < -0.4 is 10.1 Å². The Kier molecular flexibility index (Phi) is 5.46. The highest BCUT2D eigenvalue weighted by Gasteiger charge is 2.29. The molecule has 1 aliphatic heterocycles. The van der Waals surface area contributed by atoms with Gasteiger partial charge in [0.15, 0.2) is 0 Å². The van der Waals surface area contributed by atoms with Gasteiger partial charge in [0.2, 0.25) is 15.9 Å². The van der Waals surface area contributed by atoms with Crippen molar-refractivity contribution < 1.29 is 17.9 Å². The molecule has 8 heteroatoms. The molecule has 7 nitrogen and oxygen atoms in total. The van der Waals surface area contributed by atoms with E-state index in [4.69, 9.17) is 10.00 Å². The fraction of sp³-hybridized carbons (Fsp3) is 0.130. The zero-order chi connectivity index (χ0) is 22.0. The molecule has 0 aliphatic carbocycles. The van der Waals surface area contributed by atoms with Crippen LogP contribution in [0.2, 0.25) is 0 Å². The number of ether oxygens (including phenoxy) is 1. The fourth-order valence-electron chi connectivity index (χ4n) is 3.44. The lowest BCUT2D eigenvalue weighted by Gasteiger charge is -2.29. The Morgan fingerprint density at radius 1 is 1.00 bits per heavy atom. The number of nitrogens with zero attached hydrogens (tertiary/aromatic N) is 2. The SMILES string of the molecule is CN(CC(=O)NC1c2ccccc2Oc2ccccc21)S(=O)(=O)c1ccc(C#N)cc1. The molecule has 4 rings (SSSR count). The number of hydrogen-bond acceptors (Lipinski definition) is 5.